The number of likely N-dealkylation sites (N-methyl/N-ethyl adjacent to an activating group) is 1. The van der Waals surface area contributed by atoms with Crippen LogP contribution in [0.2, 0.25) is 5.02 Å². The number of nitrogens with one attached hydrogen (secondary N) is 1. The fourth-order valence-corrected chi connectivity index (χ4v) is 2.97. The second-order valence-electron chi connectivity index (χ2n) is 5.88. The highest BCUT2D eigenvalue weighted by Gasteiger charge is 2.31. The Morgan fingerprint density at radius 1 is 1.30 bits per heavy atom. The van der Waals surface area contributed by atoms with Crippen LogP contribution in [0.4, 0.5) is 10.1 Å². The summed E-state index contributed by atoms with van der Waals surface area (Å²) in [6, 6.07) is 11.1. The quantitative estimate of drug-likeness (QED) is 0.815. The van der Waals surface area contributed by atoms with Gasteiger partial charge in [0.05, 0.1) is 25.1 Å². The highest BCUT2D eigenvalue weighted by Crippen LogP contribution is 2.30. The Bertz CT molecular complexity index is 932. The van der Waals surface area contributed by atoms with Gasteiger partial charge >= 0.3 is 5.97 Å². The number of carbonyl (C=O) groups is 2. The summed E-state index contributed by atoms with van der Waals surface area (Å²) in [5.74, 6) is -1.42. The molecule has 140 valence electrons. The van der Waals surface area contributed by atoms with Crippen molar-refractivity contribution in [2.45, 2.75) is 6.17 Å². The number of hydrogen-bond donors (Lipinski definition) is 1. The SMILES string of the molecule is COC(=O)CN[C@H]1N=C(c2ccccc2F)c2cc(Cl)ccc2N(C)C1=O. The lowest BCUT2D eigenvalue weighted by Crippen LogP contribution is -2.45. The zero-order chi connectivity index (χ0) is 19.6. The molecule has 0 aliphatic carbocycles. The highest BCUT2D eigenvalue weighted by atomic mass is 35.5. The number of rotatable bonds is 4. The Morgan fingerprint density at radius 3 is 2.74 bits per heavy atom. The number of aliphatic imine (C=N–C) groups is 1. The number of anilines is 1. The molecule has 0 fully saturated rings. The van der Waals surface area contributed by atoms with Crippen molar-refractivity contribution in [2.24, 2.45) is 4.99 Å². The molecule has 1 N–H and O–H groups in total. The molecule has 8 heteroatoms. The van der Waals surface area contributed by atoms with E-state index in [0.717, 1.165) is 0 Å². The first-order valence-electron chi connectivity index (χ1n) is 8.12. The predicted molar refractivity (Wildman–Crippen MR) is 101 cm³/mol. The van der Waals surface area contributed by atoms with Gasteiger partial charge in [0.25, 0.3) is 5.91 Å². The molecule has 1 amide bonds. The van der Waals surface area contributed by atoms with Crippen molar-refractivity contribution in [2.75, 3.05) is 25.6 Å². The number of methoxy groups -OCH3 is 1. The van der Waals surface area contributed by atoms with Crippen LogP contribution in [0.1, 0.15) is 11.1 Å². The lowest BCUT2D eigenvalue weighted by molar-refractivity contribution is -0.139. The van der Waals surface area contributed by atoms with Crippen molar-refractivity contribution in [3.8, 4) is 0 Å². The number of halogens is 2. The van der Waals surface area contributed by atoms with Crippen LogP contribution >= 0.6 is 11.6 Å². The third kappa shape index (κ3) is 3.84. The van der Waals surface area contributed by atoms with Crippen LogP contribution in [0.3, 0.4) is 0 Å². The molecular formula is C19H17ClFN3O3. The van der Waals surface area contributed by atoms with E-state index in [9.17, 15) is 14.0 Å². The molecule has 0 bridgehead atoms. The van der Waals surface area contributed by atoms with Crippen molar-refractivity contribution in [3.05, 3.63) is 64.4 Å². The number of benzodiazepines with no additional fused rings is 1. The summed E-state index contributed by atoms with van der Waals surface area (Å²) in [7, 11) is 2.83. The molecule has 0 saturated heterocycles. The Kier molecular flexibility index (Phi) is 5.53. The van der Waals surface area contributed by atoms with Crippen molar-refractivity contribution < 1.29 is 18.7 Å². The summed E-state index contributed by atoms with van der Waals surface area (Å²) >= 11 is 6.14. The van der Waals surface area contributed by atoms with Gasteiger partial charge in [0, 0.05) is 23.2 Å². The Morgan fingerprint density at radius 2 is 2.04 bits per heavy atom. The number of esters is 1. The predicted octanol–water partition coefficient (Wildman–Crippen LogP) is 2.38. The molecule has 27 heavy (non-hydrogen) atoms. The van der Waals surface area contributed by atoms with Crippen LogP contribution in [0.15, 0.2) is 47.5 Å². The molecular weight excluding hydrogens is 373 g/mol. The zero-order valence-electron chi connectivity index (χ0n) is 14.7. The molecule has 1 heterocycles. The van der Waals surface area contributed by atoms with Crippen molar-refractivity contribution >= 4 is 34.9 Å². The van der Waals surface area contributed by atoms with Gasteiger partial charge in [0.15, 0.2) is 6.17 Å². The summed E-state index contributed by atoms with van der Waals surface area (Å²) in [6.07, 6.45) is -1.09. The second-order valence-corrected chi connectivity index (χ2v) is 6.31. The smallest absolute Gasteiger partial charge is 0.319 e. The number of hydrogen-bond acceptors (Lipinski definition) is 5. The van der Waals surface area contributed by atoms with Gasteiger partial charge in [0.1, 0.15) is 5.82 Å². The van der Waals surface area contributed by atoms with Gasteiger partial charge < -0.3 is 9.64 Å². The van der Waals surface area contributed by atoms with Gasteiger partial charge in [-0.1, -0.05) is 23.7 Å². The fourth-order valence-electron chi connectivity index (χ4n) is 2.80. The van der Waals surface area contributed by atoms with Crippen molar-refractivity contribution in [1.82, 2.24) is 5.32 Å². The first kappa shape index (κ1) is 19.0. The third-order valence-corrected chi connectivity index (χ3v) is 4.43. The number of carbonyl (C=O) groups excluding carboxylic acids is 2. The van der Waals surface area contributed by atoms with Gasteiger partial charge in [-0.3, -0.25) is 19.9 Å². The van der Waals surface area contributed by atoms with Crippen LogP contribution in [-0.2, 0) is 14.3 Å². The van der Waals surface area contributed by atoms with E-state index in [1.54, 1.807) is 43.4 Å². The molecule has 1 aliphatic rings. The summed E-state index contributed by atoms with van der Waals surface area (Å²) in [5, 5.41) is 3.18. The Labute approximate surface area is 160 Å². The third-order valence-electron chi connectivity index (χ3n) is 4.19. The van der Waals surface area contributed by atoms with Crippen LogP contribution < -0.4 is 10.2 Å². The van der Waals surface area contributed by atoms with Crippen LogP contribution in [0.25, 0.3) is 0 Å². The first-order chi connectivity index (χ1) is 12.9. The standard InChI is InChI=1S/C19H17ClFN3O3/c1-24-15-8-7-11(20)9-13(15)17(12-5-3-4-6-14(12)21)23-18(19(24)26)22-10-16(25)27-2/h3-9,18,22H,10H2,1-2H3/t18-/m0/s1. The van der Waals surface area contributed by atoms with E-state index in [4.69, 9.17) is 11.6 Å². The molecule has 2 aromatic rings. The maximum absolute atomic E-state index is 14.5. The van der Waals surface area contributed by atoms with Gasteiger partial charge in [-0.05, 0) is 30.3 Å². The van der Waals surface area contributed by atoms with Crippen LogP contribution in [0.5, 0.6) is 0 Å². The molecule has 0 radical (unpaired) electrons. The van der Waals surface area contributed by atoms with Crippen LogP contribution in [0, 0.1) is 5.82 Å². The van der Waals surface area contributed by atoms with Gasteiger partial charge in [-0.2, -0.15) is 0 Å². The second kappa shape index (κ2) is 7.85. The molecule has 1 atom stereocenters. The molecule has 0 saturated carbocycles. The number of ether oxygens (including phenoxy) is 1. The van der Waals surface area contributed by atoms with E-state index in [1.165, 1.54) is 18.1 Å². The van der Waals surface area contributed by atoms with E-state index < -0.39 is 23.9 Å². The summed E-state index contributed by atoms with van der Waals surface area (Å²) in [6.45, 7) is -0.216. The largest absolute Gasteiger partial charge is 0.468 e. The van der Waals surface area contributed by atoms with Crippen LogP contribution in [-0.4, -0.2) is 44.5 Å². The number of fused-ring (bicyclic) bond motifs is 1. The molecule has 0 unspecified atom stereocenters. The molecule has 1 aliphatic heterocycles. The zero-order valence-corrected chi connectivity index (χ0v) is 15.5. The van der Waals surface area contributed by atoms with E-state index in [2.05, 4.69) is 15.0 Å². The lowest BCUT2D eigenvalue weighted by atomic mass is 10.00. The normalized spacial score (nSPS) is 16.4. The summed E-state index contributed by atoms with van der Waals surface area (Å²) < 4.78 is 19.1. The van der Waals surface area contributed by atoms with Crippen molar-refractivity contribution in [1.29, 1.82) is 0 Å². The highest BCUT2D eigenvalue weighted by molar-refractivity contribution is 6.32. The molecule has 3 rings (SSSR count). The Balaban J connectivity index is 2.16. The minimum Gasteiger partial charge on any atom is -0.468 e. The van der Waals surface area contributed by atoms with Crippen molar-refractivity contribution in [3.63, 3.8) is 0 Å². The minimum absolute atomic E-state index is 0.216. The number of nitrogens with zero attached hydrogens (tertiary/aromatic N) is 2. The molecule has 0 aromatic heterocycles. The van der Waals surface area contributed by atoms with E-state index >= 15 is 0 Å². The lowest BCUT2D eigenvalue weighted by Gasteiger charge is -2.20. The molecule has 0 spiro atoms. The van der Waals surface area contributed by atoms with E-state index in [1.807, 2.05) is 0 Å². The minimum atomic E-state index is -1.09. The average Bonchev–Trinajstić information content (AvgIpc) is 2.76. The summed E-state index contributed by atoms with van der Waals surface area (Å²) in [4.78, 5) is 30.1. The Hall–Kier alpha value is -2.77. The monoisotopic (exact) mass is 389 g/mol. The average molecular weight is 390 g/mol. The summed E-state index contributed by atoms with van der Waals surface area (Å²) in [5.41, 5.74) is 1.55. The van der Waals surface area contributed by atoms with E-state index in [-0.39, 0.29) is 17.8 Å². The van der Waals surface area contributed by atoms with Gasteiger partial charge in [-0.15, -0.1) is 0 Å². The van der Waals surface area contributed by atoms with Gasteiger partial charge in [-0.25, -0.2) is 4.39 Å². The van der Waals surface area contributed by atoms with E-state index in [0.29, 0.717) is 16.3 Å². The number of amides is 1. The molecule has 6 nitrogen and oxygen atoms in total. The number of benzene rings is 2. The maximum atomic E-state index is 14.5. The first-order valence-corrected chi connectivity index (χ1v) is 8.50. The molecule has 2 aromatic carbocycles. The topological polar surface area (TPSA) is 71.0 Å². The fraction of sp³-hybridized carbons (Fsp3) is 0.211. The van der Waals surface area contributed by atoms with Gasteiger partial charge in [0.2, 0.25) is 0 Å². The maximum Gasteiger partial charge on any atom is 0.319 e.